The number of H-pyrrole nitrogens is 2. The summed E-state index contributed by atoms with van der Waals surface area (Å²) in [6, 6.07) is 15.6. The van der Waals surface area contributed by atoms with Gasteiger partial charge in [-0.05, 0) is 90.0 Å². The highest BCUT2D eigenvalue weighted by Crippen LogP contribution is 2.53. The first kappa shape index (κ1) is 38.2. The third-order valence-electron chi connectivity index (χ3n) is 12.4. The Balaban J connectivity index is 0.934. The number of carbonyl (C=O) groups is 4. The quantitative estimate of drug-likeness (QED) is 0.115. The normalized spacial score (nSPS) is 20.2. The molecule has 4 aliphatic rings. The Kier molecular flexibility index (Phi) is 9.39. The van der Waals surface area contributed by atoms with Gasteiger partial charge in [-0.25, -0.2) is 19.6 Å². The average Bonchev–Trinajstić information content (AvgIpc) is 3.81. The van der Waals surface area contributed by atoms with Crippen LogP contribution in [0, 0.1) is 11.3 Å². The highest BCUT2D eigenvalue weighted by molar-refractivity contribution is 5.88. The number of piperidine rings is 1. The molecule has 9 rings (SSSR count). The molecular formula is C43H44F2N8O6. The molecule has 16 heteroatoms. The van der Waals surface area contributed by atoms with E-state index in [-0.39, 0.29) is 66.0 Å². The number of rotatable bonds is 11. The molecule has 306 valence electrons. The van der Waals surface area contributed by atoms with E-state index in [4.69, 9.17) is 4.98 Å². The number of likely N-dealkylation sites (tertiary alicyclic amines) is 1. The molecule has 2 aromatic heterocycles. The van der Waals surface area contributed by atoms with E-state index < -0.39 is 18.1 Å². The van der Waals surface area contributed by atoms with Crippen molar-refractivity contribution in [2.75, 3.05) is 33.9 Å². The van der Waals surface area contributed by atoms with Crippen LogP contribution in [-0.4, -0.2) is 93.6 Å². The van der Waals surface area contributed by atoms with Crippen molar-refractivity contribution in [3.8, 4) is 33.5 Å². The van der Waals surface area contributed by atoms with Crippen molar-refractivity contribution in [1.29, 1.82) is 0 Å². The summed E-state index contributed by atoms with van der Waals surface area (Å²) in [5.74, 6) is -2.36. The number of benzene rings is 3. The molecule has 14 nitrogen and oxygen atoms in total. The zero-order valence-electron chi connectivity index (χ0n) is 32.9. The van der Waals surface area contributed by atoms with Gasteiger partial charge in [-0.3, -0.25) is 9.59 Å². The zero-order chi connectivity index (χ0) is 41.2. The Hall–Kier alpha value is -6.32. The number of halogens is 2. The summed E-state index contributed by atoms with van der Waals surface area (Å²) in [4.78, 5) is 69.1. The largest absolute Gasteiger partial charge is 0.453 e. The van der Waals surface area contributed by atoms with Gasteiger partial charge in [0, 0.05) is 29.3 Å². The highest BCUT2D eigenvalue weighted by Gasteiger charge is 2.50. The third kappa shape index (κ3) is 7.03. The molecule has 3 heterocycles. The van der Waals surface area contributed by atoms with Gasteiger partial charge in [-0.1, -0.05) is 37.3 Å². The van der Waals surface area contributed by atoms with Crippen LogP contribution in [0.1, 0.15) is 67.8 Å². The van der Waals surface area contributed by atoms with E-state index in [2.05, 4.69) is 42.0 Å². The third-order valence-corrected chi connectivity index (χ3v) is 12.4. The molecule has 3 unspecified atom stereocenters. The van der Waals surface area contributed by atoms with Crippen molar-refractivity contribution in [3.63, 3.8) is 0 Å². The van der Waals surface area contributed by atoms with Gasteiger partial charge in [0.25, 0.3) is 5.92 Å². The number of nitrogens with one attached hydrogen (secondary N) is 4. The first-order chi connectivity index (χ1) is 28.3. The van der Waals surface area contributed by atoms with Gasteiger partial charge in [-0.2, -0.15) is 8.78 Å². The number of alkyl halides is 2. The van der Waals surface area contributed by atoms with E-state index >= 15 is 8.78 Å². The maximum absolute atomic E-state index is 16.4. The average molecular weight is 807 g/mol. The van der Waals surface area contributed by atoms with Gasteiger partial charge in [-0.15, -0.1) is 0 Å². The molecule has 3 fully saturated rings. The monoisotopic (exact) mass is 806 g/mol. The van der Waals surface area contributed by atoms with Gasteiger partial charge < -0.3 is 39.9 Å². The number of nitrogens with zero attached hydrogens (tertiary/aromatic N) is 4. The fourth-order valence-corrected chi connectivity index (χ4v) is 9.10. The maximum Gasteiger partial charge on any atom is 0.407 e. The Morgan fingerprint density at radius 1 is 0.881 bits per heavy atom. The highest BCUT2D eigenvalue weighted by atomic mass is 19.3. The van der Waals surface area contributed by atoms with Gasteiger partial charge >= 0.3 is 12.2 Å². The lowest BCUT2D eigenvalue weighted by atomic mass is 9.98. The van der Waals surface area contributed by atoms with Gasteiger partial charge in [0.1, 0.15) is 24.7 Å². The number of amides is 4. The fourth-order valence-electron chi connectivity index (χ4n) is 9.10. The van der Waals surface area contributed by atoms with Crippen LogP contribution in [0.5, 0.6) is 0 Å². The lowest BCUT2D eigenvalue weighted by Crippen LogP contribution is -2.45. The topological polar surface area (TPSA) is 175 Å². The molecule has 2 bridgehead atoms. The van der Waals surface area contributed by atoms with E-state index in [0.29, 0.717) is 51.7 Å². The number of alkyl carbamates (subject to hydrolysis) is 2. The number of ether oxygens (including phenoxy) is 2. The van der Waals surface area contributed by atoms with Crippen LogP contribution in [0.25, 0.3) is 44.5 Å². The SMILES string of the molecule is COC(=O)NCC(=O)N(Cc1ncc(-c2ccc3c(c2)C(F)(F)c2cc(-c4ccc5nc(C6C7CCC(C7)N6C(=O)CNC(=O)OC)[nH]c5c4)ccc2-3)[nH]1)CC1(C)CC1. The van der Waals surface area contributed by atoms with Crippen molar-refractivity contribution < 1.29 is 37.4 Å². The number of methoxy groups -OCH3 is 2. The number of hydrogen-bond acceptors (Lipinski definition) is 8. The molecule has 4 amide bonds. The molecule has 1 saturated heterocycles. The van der Waals surface area contributed by atoms with Crippen molar-refractivity contribution in [2.24, 2.45) is 11.3 Å². The summed E-state index contributed by atoms with van der Waals surface area (Å²) in [5, 5.41) is 4.93. The lowest BCUT2D eigenvalue weighted by Gasteiger charge is -2.34. The first-order valence-corrected chi connectivity index (χ1v) is 19.8. The summed E-state index contributed by atoms with van der Waals surface area (Å²) in [7, 11) is 2.48. The molecule has 59 heavy (non-hydrogen) atoms. The Labute approximate surface area is 338 Å². The standard InChI is InChI=1S/C43H44F2N8O6/c1-42(12-13-42)22-52(36(54)19-47-40(56)58-2)21-35-46-18-34(49-35)25-6-10-29-28-9-5-23(15-30(28)43(44,45)31(29)16-25)24-7-11-32-33(17-24)51-39(50-32)38-26-4-8-27(14-26)53(38)37(55)20-48-41(57)59-3/h5-7,9-11,15-18,26-27,38H,4,8,12-14,19-22H2,1-3H3,(H,46,49)(H,47,56)(H,48,57)(H,50,51). The lowest BCUT2D eigenvalue weighted by molar-refractivity contribution is -0.135. The molecule has 5 aromatic rings. The summed E-state index contributed by atoms with van der Waals surface area (Å²) in [6.45, 7) is 2.36. The number of hydrogen-bond donors (Lipinski definition) is 4. The first-order valence-electron chi connectivity index (χ1n) is 19.8. The minimum atomic E-state index is -3.28. The number of imidazole rings is 2. The van der Waals surface area contributed by atoms with Crippen molar-refractivity contribution in [3.05, 3.63) is 83.6 Å². The molecule has 3 aliphatic carbocycles. The minimum Gasteiger partial charge on any atom is -0.453 e. The smallest absolute Gasteiger partial charge is 0.407 e. The van der Waals surface area contributed by atoms with Gasteiger partial charge in [0.05, 0.1) is 49.7 Å². The fraction of sp³-hybridized carbons (Fsp3) is 0.395. The van der Waals surface area contributed by atoms with Crippen LogP contribution in [0.15, 0.2) is 60.8 Å². The van der Waals surface area contributed by atoms with Crippen LogP contribution < -0.4 is 10.6 Å². The predicted octanol–water partition coefficient (Wildman–Crippen LogP) is 6.63. The predicted molar refractivity (Wildman–Crippen MR) is 212 cm³/mol. The molecule has 3 aromatic carbocycles. The van der Waals surface area contributed by atoms with E-state index in [1.807, 2.05) is 29.2 Å². The van der Waals surface area contributed by atoms with E-state index in [1.165, 1.54) is 20.3 Å². The van der Waals surface area contributed by atoms with Gasteiger partial charge in [0.2, 0.25) is 11.8 Å². The van der Waals surface area contributed by atoms with Crippen molar-refractivity contribution in [2.45, 2.75) is 63.6 Å². The van der Waals surface area contributed by atoms with Crippen molar-refractivity contribution in [1.82, 2.24) is 40.4 Å². The molecule has 2 saturated carbocycles. The number of aromatic nitrogens is 4. The van der Waals surface area contributed by atoms with Crippen molar-refractivity contribution >= 4 is 35.0 Å². The second-order valence-corrected chi connectivity index (χ2v) is 16.4. The zero-order valence-corrected chi connectivity index (χ0v) is 32.9. The van der Waals surface area contributed by atoms with Crippen LogP contribution >= 0.6 is 0 Å². The molecule has 3 atom stereocenters. The van der Waals surface area contributed by atoms with Crippen LogP contribution in [0.2, 0.25) is 0 Å². The summed E-state index contributed by atoms with van der Waals surface area (Å²) in [6.07, 6.45) is 4.93. The number of carbonyl (C=O) groups excluding carboxylic acids is 4. The van der Waals surface area contributed by atoms with Gasteiger partial charge in [0.15, 0.2) is 0 Å². The van der Waals surface area contributed by atoms with Crippen LogP contribution in [0.4, 0.5) is 18.4 Å². The second kappa shape index (κ2) is 14.5. The minimum absolute atomic E-state index is 0.000371. The molecule has 0 radical (unpaired) electrons. The van der Waals surface area contributed by atoms with Crippen LogP contribution in [-0.2, 0) is 31.5 Å². The Morgan fingerprint density at radius 2 is 1.54 bits per heavy atom. The number of fused-ring (bicyclic) bond motifs is 6. The molecule has 4 N–H and O–H groups in total. The second-order valence-electron chi connectivity index (χ2n) is 16.4. The van der Waals surface area contributed by atoms with E-state index in [9.17, 15) is 19.2 Å². The van der Waals surface area contributed by atoms with E-state index in [1.54, 1.807) is 35.4 Å². The van der Waals surface area contributed by atoms with E-state index in [0.717, 1.165) is 43.2 Å². The Bertz CT molecular complexity index is 2510. The summed E-state index contributed by atoms with van der Waals surface area (Å²) in [5.41, 5.74) is 4.58. The van der Waals surface area contributed by atoms with Crippen LogP contribution in [0.3, 0.4) is 0 Å². The summed E-state index contributed by atoms with van der Waals surface area (Å²) >= 11 is 0. The molecular weight excluding hydrogens is 763 g/mol. The molecule has 0 spiro atoms. The number of aromatic amines is 2. The maximum atomic E-state index is 16.4. The molecule has 1 aliphatic heterocycles. The Morgan fingerprint density at radius 3 is 2.25 bits per heavy atom. The summed E-state index contributed by atoms with van der Waals surface area (Å²) < 4.78 is 42.1.